The average Bonchev–Trinajstić information content (AvgIpc) is 2.54. The van der Waals surface area contributed by atoms with Crippen LogP contribution in [0.4, 0.5) is 5.69 Å². The molecule has 1 aromatic rings. The molecule has 1 fully saturated rings. The zero-order chi connectivity index (χ0) is 16.0. The number of nitrogens with zero attached hydrogens (tertiary/aromatic N) is 3. The molecule has 0 atom stereocenters. The van der Waals surface area contributed by atoms with E-state index >= 15 is 0 Å². The molecule has 1 heterocycles. The number of thiocarbonyl (C=S) groups is 1. The minimum absolute atomic E-state index is 0.121. The van der Waals surface area contributed by atoms with Crippen LogP contribution in [0.2, 0.25) is 0 Å². The fourth-order valence-electron chi connectivity index (χ4n) is 1.88. The van der Waals surface area contributed by atoms with Gasteiger partial charge in [-0.2, -0.15) is 13.4 Å². The number of thioether (sulfide) groups is 1. The third kappa shape index (κ3) is 4.37. The molecule has 118 valence electrons. The lowest BCUT2D eigenvalue weighted by Crippen LogP contribution is -2.39. The summed E-state index contributed by atoms with van der Waals surface area (Å²) in [6.45, 7) is 2.42. The predicted octanol–water partition coefficient (Wildman–Crippen LogP) is 2.16. The second-order valence-electron chi connectivity index (χ2n) is 4.35. The lowest BCUT2D eigenvalue weighted by atomic mass is 10.3. The average molecular weight is 357 g/mol. The Morgan fingerprint density at radius 1 is 1.32 bits per heavy atom. The van der Waals surface area contributed by atoms with E-state index in [0.29, 0.717) is 37.2 Å². The van der Waals surface area contributed by atoms with Crippen LogP contribution >= 0.6 is 24.0 Å². The number of benzene rings is 1. The topological polar surface area (TPSA) is 71.3 Å². The quantitative estimate of drug-likeness (QED) is 0.469. The van der Waals surface area contributed by atoms with Crippen molar-refractivity contribution in [3.63, 3.8) is 0 Å². The Balaban J connectivity index is 2.27. The standard InChI is InChI=1S/C13H15N3O3S3/c1-21-13(16-6-8-19-9-7-16)15-22(17,18)12-4-2-11(3-5-12)14-10-20/h2-5H,6-9H2,1H3/b15-13+. The molecule has 2 rings (SSSR count). The van der Waals surface area contributed by atoms with E-state index in [2.05, 4.69) is 26.8 Å². The van der Waals surface area contributed by atoms with E-state index in [1.54, 1.807) is 18.4 Å². The number of hydrogen-bond acceptors (Lipinski definition) is 6. The minimum atomic E-state index is -3.76. The van der Waals surface area contributed by atoms with Crippen LogP contribution in [0, 0.1) is 0 Å². The fourth-order valence-corrected chi connectivity index (χ4v) is 3.92. The molecule has 0 N–H and O–H groups in total. The molecular formula is C13H15N3O3S3. The van der Waals surface area contributed by atoms with Gasteiger partial charge in [0.2, 0.25) is 0 Å². The van der Waals surface area contributed by atoms with Gasteiger partial charge in [-0.3, -0.25) is 0 Å². The Labute approximate surface area is 139 Å². The smallest absolute Gasteiger partial charge is 0.284 e. The van der Waals surface area contributed by atoms with Gasteiger partial charge in [-0.25, -0.2) is 0 Å². The molecule has 9 heteroatoms. The number of hydrogen-bond donors (Lipinski definition) is 0. The molecule has 0 aromatic heterocycles. The first-order valence-electron chi connectivity index (χ1n) is 6.46. The molecule has 1 aliphatic rings. The SMILES string of the molecule is CS/C(=N/S(=O)(=O)c1ccc(N=C=S)cc1)N1CCOCC1. The van der Waals surface area contributed by atoms with Crippen LogP contribution in [0.25, 0.3) is 0 Å². The summed E-state index contributed by atoms with van der Waals surface area (Å²) in [6.07, 6.45) is 1.81. The van der Waals surface area contributed by atoms with Crippen molar-refractivity contribution in [1.82, 2.24) is 4.90 Å². The van der Waals surface area contributed by atoms with E-state index in [4.69, 9.17) is 4.74 Å². The van der Waals surface area contributed by atoms with Crippen LogP contribution in [0.15, 0.2) is 38.6 Å². The van der Waals surface area contributed by atoms with Gasteiger partial charge in [0.1, 0.15) is 0 Å². The third-order valence-corrected chi connectivity index (χ3v) is 5.17. The summed E-state index contributed by atoms with van der Waals surface area (Å²) >= 11 is 5.82. The van der Waals surface area contributed by atoms with Crippen LogP contribution in [0.1, 0.15) is 0 Å². The molecule has 0 aliphatic carbocycles. The van der Waals surface area contributed by atoms with Gasteiger partial charge in [0, 0.05) is 13.1 Å². The van der Waals surface area contributed by atoms with Crippen molar-refractivity contribution in [2.45, 2.75) is 4.90 Å². The maximum Gasteiger partial charge on any atom is 0.284 e. The molecular weight excluding hydrogens is 342 g/mol. The van der Waals surface area contributed by atoms with E-state index in [0.717, 1.165) is 0 Å². The Kier molecular flexibility index (Phi) is 6.10. The van der Waals surface area contributed by atoms with Crippen molar-refractivity contribution in [1.29, 1.82) is 0 Å². The number of aliphatic imine (C=N–C) groups is 1. The third-order valence-electron chi connectivity index (χ3n) is 2.97. The molecule has 0 amide bonds. The first-order chi connectivity index (χ1) is 10.6. The van der Waals surface area contributed by atoms with Crippen molar-refractivity contribution in [2.75, 3.05) is 32.6 Å². The van der Waals surface area contributed by atoms with Gasteiger partial charge >= 0.3 is 0 Å². The number of rotatable bonds is 3. The monoisotopic (exact) mass is 357 g/mol. The Bertz CT molecular complexity index is 689. The van der Waals surface area contributed by atoms with Gasteiger partial charge in [0.25, 0.3) is 10.0 Å². The van der Waals surface area contributed by atoms with Crippen molar-refractivity contribution < 1.29 is 13.2 Å². The summed E-state index contributed by atoms with van der Waals surface area (Å²) in [5, 5.41) is 2.71. The van der Waals surface area contributed by atoms with Crippen molar-refractivity contribution in [3.05, 3.63) is 24.3 Å². The highest BCUT2D eigenvalue weighted by Gasteiger charge is 2.19. The molecule has 1 aliphatic heterocycles. The molecule has 1 saturated heterocycles. The maximum atomic E-state index is 12.4. The molecule has 0 radical (unpaired) electrons. The summed E-state index contributed by atoms with van der Waals surface area (Å²) in [7, 11) is -3.76. The van der Waals surface area contributed by atoms with Crippen LogP contribution in [-0.2, 0) is 14.8 Å². The zero-order valence-electron chi connectivity index (χ0n) is 11.9. The van der Waals surface area contributed by atoms with Gasteiger partial charge in [-0.1, -0.05) is 11.8 Å². The molecule has 0 unspecified atom stereocenters. The first kappa shape index (κ1) is 17.1. The highest BCUT2D eigenvalue weighted by atomic mass is 32.2. The van der Waals surface area contributed by atoms with Gasteiger partial charge in [-0.05, 0) is 42.7 Å². The predicted molar refractivity (Wildman–Crippen MR) is 91.7 cm³/mol. The second kappa shape index (κ2) is 7.85. The largest absolute Gasteiger partial charge is 0.378 e. The highest BCUT2D eigenvalue weighted by Crippen LogP contribution is 2.20. The van der Waals surface area contributed by atoms with E-state index < -0.39 is 10.0 Å². The van der Waals surface area contributed by atoms with Crippen LogP contribution in [-0.4, -0.2) is 56.2 Å². The van der Waals surface area contributed by atoms with Crippen molar-refractivity contribution in [2.24, 2.45) is 9.39 Å². The Morgan fingerprint density at radius 2 is 1.95 bits per heavy atom. The van der Waals surface area contributed by atoms with Crippen molar-refractivity contribution in [3.8, 4) is 0 Å². The van der Waals surface area contributed by atoms with E-state index in [1.807, 2.05) is 4.90 Å². The Hall–Kier alpha value is -1.25. The lowest BCUT2D eigenvalue weighted by Gasteiger charge is -2.28. The van der Waals surface area contributed by atoms with Crippen molar-refractivity contribution >= 4 is 50.0 Å². The molecule has 6 nitrogen and oxygen atoms in total. The molecule has 22 heavy (non-hydrogen) atoms. The van der Waals surface area contributed by atoms with Crippen LogP contribution < -0.4 is 0 Å². The Morgan fingerprint density at radius 3 is 2.50 bits per heavy atom. The maximum absolute atomic E-state index is 12.4. The molecule has 1 aromatic carbocycles. The number of sulfonamides is 1. The summed E-state index contributed by atoms with van der Waals surface area (Å²) in [4.78, 5) is 5.82. The van der Waals surface area contributed by atoms with Gasteiger partial charge in [0.15, 0.2) is 5.17 Å². The number of amidine groups is 1. The van der Waals surface area contributed by atoms with Crippen LogP contribution in [0.5, 0.6) is 0 Å². The summed E-state index contributed by atoms with van der Waals surface area (Å²) in [6, 6.07) is 6.05. The van der Waals surface area contributed by atoms with E-state index in [-0.39, 0.29) is 4.90 Å². The van der Waals surface area contributed by atoms with Gasteiger partial charge in [0.05, 0.1) is 29.0 Å². The highest BCUT2D eigenvalue weighted by molar-refractivity contribution is 8.13. The van der Waals surface area contributed by atoms with Gasteiger partial charge in [-0.15, -0.1) is 4.40 Å². The second-order valence-corrected chi connectivity index (χ2v) is 6.91. The first-order valence-corrected chi connectivity index (χ1v) is 9.54. The molecule has 0 saturated carbocycles. The summed E-state index contributed by atoms with van der Waals surface area (Å²) in [5.41, 5.74) is 0.552. The molecule has 0 bridgehead atoms. The van der Waals surface area contributed by atoms with E-state index in [1.165, 1.54) is 23.9 Å². The lowest BCUT2D eigenvalue weighted by molar-refractivity contribution is 0.0694. The normalized spacial score (nSPS) is 16.2. The summed E-state index contributed by atoms with van der Waals surface area (Å²) in [5.74, 6) is 0. The number of isothiocyanates is 1. The molecule has 0 spiro atoms. The fraction of sp³-hybridized carbons (Fsp3) is 0.385. The zero-order valence-corrected chi connectivity index (χ0v) is 14.4. The summed E-state index contributed by atoms with van der Waals surface area (Å²) < 4.78 is 34.0. The minimum Gasteiger partial charge on any atom is -0.378 e. The number of morpholine rings is 1. The van der Waals surface area contributed by atoms with Gasteiger partial charge < -0.3 is 9.64 Å². The number of ether oxygens (including phenoxy) is 1. The van der Waals surface area contributed by atoms with E-state index in [9.17, 15) is 8.42 Å². The van der Waals surface area contributed by atoms with Crippen LogP contribution in [0.3, 0.4) is 0 Å².